The lowest BCUT2D eigenvalue weighted by Gasteiger charge is -2.14. The third-order valence-corrected chi connectivity index (χ3v) is 3.46. The highest BCUT2D eigenvalue weighted by molar-refractivity contribution is 6.17. The molecule has 1 aliphatic rings. The van der Waals surface area contributed by atoms with Gasteiger partial charge in [-0.1, -0.05) is 12.1 Å². The van der Waals surface area contributed by atoms with Crippen molar-refractivity contribution in [3.8, 4) is 5.69 Å². The van der Waals surface area contributed by atoms with Gasteiger partial charge in [0.05, 0.1) is 41.4 Å². The zero-order chi connectivity index (χ0) is 12.7. The van der Waals surface area contributed by atoms with Crippen LogP contribution in [0, 0.1) is 0 Å². The summed E-state index contributed by atoms with van der Waals surface area (Å²) >= 11 is 5.89. The molecular weight excluding hydrogens is 250 g/mol. The van der Waals surface area contributed by atoms with E-state index in [1.807, 2.05) is 28.8 Å². The first-order valence-electron chi connectivity index (χ1n) is 5.68. The standard InChI is InChI=1S/C13H12ClN3O/c1-16-7-12-10(6-14)15-8-17(12)11-5-3-2-4-9(11)13(16)18/h2-5,8H,6-7H2,1H3. The van der Waals surface area contributed by atoms with Crippen LogP contribution in [0.15, 0.2) is 30.6 Å². The van der Waals surface area contributed by atoms with Gasteiger partial charge < -0.3 is 9.47 Å². The Morgan fingerprint density at radius 2 is 2.17 bits per heavy atom. The third-order valence-electron chi connectivity index (χ3n) is 3.21. The number of hydrogen-bond acceptors (Lipinski definition) is 2. The van der Waals surface area contributed by atoms with Crippen LogP contribution in [0.4, 0.5) is 0 Å². The number of nitrogens with zero attached hydrogens (tertiary/aromatic N) is 3. The van der Waals surface area contributed by atoms with Crippen LogP contribution in [0.2, 0.25) is 0 Å². The molecule has 0 spiro atoms. The highest BCUT2D eigenvalue weighted by atomic mass is 35.5. The molecular formula is C13H12ClN3O. The van der Waals surface area contributed by atoms with Gasteiger partial charge in [-0.25, -0.2) is 4.98 Å². The van der Waals surface area contributed by atoms with Crippen molar-refractivity contribution in [2.75, 3.05) is 7.05 Å². The number of imidazole rings is 1. The summed E-state index contributed by atoms with van der Waals surface area (Å²) in [6.07, 6.45) is 1.73. The Hall–Kier alpha value is -1.81. The molecule has 0 unspecified atom stereocenters. The zero-order valence-electron chi connectivity index (χ0n) is 9.93. The molecule has 2 aromatic rings. The van der Waals surface area contributed by atoms with Crippen molar-refractivity contribution in [3.63, 3.8) is 0 Å². The van der Waals surface area contributed by atoms with Crippen molar-refractivity contribution in [2.24, 2.45) is 0 Å². The van der Waals surface area contributed by atoms with Gasteiger partial charge in [-0.3, -0.25) is 4.79 Å². The number of rotatable bonds is 1. The van der Waals surface area contributed by atoms with Crippen LogP contribution < -0.4 is 0 Å². The van der Waals surface area contributed by atoms with Gasteiger partial charge in [-0.05, 0) is 12.1 Å². The van der Waals surface area contributed by atoms with E-state index >= 15 is 0 Å². The first-order valence-corrected chi connectivity index (χ1v) is 6.21. The summed E-state index contributed by atoms with van der Waals surface area (Å²) in [4.78, 5) is 18.3. The molecule has 5 heteroatoms. The predicted molar refractivity (Wildman–Crippen MR) is 68.9 cm³/mol. The molecule has 0 aliphatic carbocycles. The number of para-hydroxylation sites is 1. The number of hydrogen-bond donors (Lipinski definition) is 0. The fraction of sp³-hybridized carbons (Fsp3) is 0.231. The molecule has 92 valence electrons. The number of amides is 1. The molecule has 0 fully saturated rings. The fourth-order valence-corrected chi connectivity index (χ4v) is 2.49. The summed E-state index contributed by atoms with van der Waals surface area (Å²) in [5.41, 5.74) is 3.36. The molecule has 0 atom stereocenters. The van der Waals surface area contributed by atoms with Crippen LogP contribution in [0.5, 0.6) is 0 Å². The Balaban J connectivity index is 2.29. The molecule has 1 amide bonds. The summed E-state index contributed by atoms with van der Waals surface area (Å²) < 4.78 is 1.95. The van der Waals surface area contributed by atoms with E-state index in [9.17, 15) is 4.79 Å². The largest absolute Gasteiger partial charge is 0.336 e. The molecule has 1 aromatic carbocycles. The van der Waals surface area contributed by atoms with Crippen molar-refractivity contribution in [2.45, 2.75) is 12.4 Å². The minimum absolute atomic E-state index is 0.0230. The monoisotopic (exact) mass is 261 g/mol. The normalized spacial score (nSPS) is 14.1. The first-order chi connectivity index (χ1) is 8.72. The third kappa shape index (κ3) is 1.53. The average Bonchev–Trinajstić information content (AvgIpc) is 2.76. The molecule has 0 radical (unpaired) electrons. The Kier molecular flexibility index (Phi) is 2.59. The number of aromatic nitrogens is 2. The van der Waals surface area contributed by atoms with Crippen molar-refractivity contribution in [3.05, 3.63) is 47.5 Å². The van der Waals surface area contributed by atoms with Crippen molar-refractivity contribution in [1.29, 1.82) is 0 Å². The lowest BCUT2D eigenvalue weighted by atomic mass is 10.1. The van der Waals surface area contributed by atoms with Crippen molar-refractivity contribution >= 4 is 17.5 Å². The van der Waals surface area contributed by atoms with Gasteiger partial charge in [0.15, 0.2) is 0 Å². The summed E-state index contributed by atoms with van der Waals surface area (Å²) in [6, 6.07) is 7.55. The van der Waals surface area contributed by atoms with E-state index in [4.69, 9.17) is 11.6 Å². The van der Waals surface area contributed by atoms with Crippen LogP contribution >= 0.6 is 11.6 Å². The van der Waals surface area contributed by atoms with Gasteiger partial charge in [0.2, 0.25) is 0 Å². The Morgan fingerprint density at radius 1 is 1.39 bits per heavy atom. The van der Waals surface area contributed by atoms with E-state index in [0.717, 1.165) is 17.1 Å². The van der Waals surface area contributed by atoms with Gasteiger partial charge in [0, 0.05) is 7.05 Å². The molecule has 3 rings (SSSR count). The number of carbonyl (C=O) groups excluding carboxylic acids is 1. The van der Waals surface area contributed by atoms with Gasteiger partial charge >= 0.3 is 0 Å². The maximum Gasteiger partial charge on any atom is 0.256 e. The second-order valence-corrected chi connectivity index (χ2v) is 4.59. The maximum absolute atomic E-state index is 12.3. The molecule has 1 aromatic heterocycles. The topological polar surface area (TPSA) is 38.1 Å². The second-order valence-electron chi connectivity index (χ2n) is 4.32. The predicted octanol–water partition coefficient (Wildman–Crippen LogP) is 2.20. The molecule has 0 saturated heterocycles. The minimum atomic E-state index is 0.0230. The van der Waals surface area contributed by atoms with E-state index in [1.165, 1.54) is 0 Å². The smallest absolute Gasteiger partial charge is 0.256 e. The van der Waals surface area contributed by atoms with Gasteiger partial charge in [0.25, 0.3) is 5.91 Å². The molecule has 1 aliphatic heterocycles. The Labute approximate surface area is 110 Å². The average molecular weight is 262 g/mol. The SMILES string of the molecule is CN1Cc2c(CCl)ncn2-c2ccccc2C1=O. The van der Waals surface area contributed by atoms with Crippen LogP contribution in [-0.2, 0) is 12.4 Å². The summed E-state index contributed by atoms with van der Waals surface area (Å²) in [7, 11) is 1.79. The highest BCUT2D eigenvalue weighted by Crippen LogP contribution is 2.25. The lowest BCUT2D eigenvalue weighted by Crippen LogP contribution is -2.25. The second kappa shape index (κ2) is 4.14. The van der Waals surface area contributed by atoms with Crippen molar-refractivity contribution < 1.29 is 4.79 Å². The number of alkyl halides is 1. The first kappa shape index (κ1) is 11.3. The number of benzene rings is 1. The van der Waals surface area contributed by atoms with Gasteiger partial charge in [0.1, 0.15) is 0 Å². The quantitative estimate of drug-likeness (QED) is 0.738. The summed E-state index contributed by atoms with van der Waals surface area (Å²) in [5.74, 6) is 0.377. The van der Waals surface area contributed by atoms with Crippen molar-refractivity contribution in [1.82, 2.24) is 14.5 Å². The van der Waals surface area contributed by atoms with Crippen LogP contribution in [0.25, 0.3) is 5.69 Å². The molecule has 18 heavy (non-hydrogen) atoms. The van der Waals surface area contributed by atoms with Crippen LogP contribution in [-0.4, -0.2) is 27.4 Å². The minimum Gasteiger partial charge on any atom is -0.336 e. The van der Waals surface area contributed by atoms with E-state index in [0.29, 0.717) is 18.0 Å². The summed E-state index contributed by atoms with van der Waals surface area (Å²) in [5, 5.41) is 0. The Bertz CT molecular complexity index is 620. The van der Waals surface area contributed by atoms with E-state index in [-0.39, 0.29) is 5.91 Å². The van der Waals surface area contributed by atoms with Gasteiger partial charge in [-0.2, -0.15) is 0 Å². The molecule has 0 N–H and O–H groups in total. The number of carbonyl (C=O) groups is 1. The number of fused-ring (bicyclic) bond motifs is 3. The number of halogens is 1. The molecule has 0 saturated carbocycles. The maximum atomic E-state index is 12.3. The van der Waals surface area contributed by atoms with Crippen LogP contribution in [0.3, 0.4) is 0 Å². The van der Waals surface area contributed by atoms with Gasteiger partial charge in [-0.15, -0.1) is 11.6 Å². The van der Waals surface area contributed by atoms with Crippen LogP contribution in [0.1, 0.15) is 21.7 Å². The zero-order valence-corrected chi connectivity index (χ0v) is 10.7. The fourth-order valence-electron chi connectivity index (χ4n) is 2.26. The molecule has 4 nitrogen and oxygen atoms in total. The lowest BCUT2D eigenvalue weighted by molar-refractivity contribution is 0.0788. The molecule has 0 bridgehead atoms. The van der Waals surface area contributed by atoms with E-state index in [1.54, 1.807) is 18.3 Å². The Morgan fingerprint density at radius 3 is 2.94 bits per heavy atom. The summed E-state index contributed by atoms with van der Waals surface area (Å²) in [6.45, 7) is 0.523. The van der Waals surface area contributed by atoms with E-state index in [2.05, 4.69) is 4.98 Å². The van der Waals surface area contributed by atoms with E-state index < -0.39 is 0 Å². The highest BCUT2D eigenvalue weighted by Gasteiger charge is 2.25. The molecule has 2 heterocycles.